The second kappa shape index (κ2) is 6.51. The lowest BCUT2D eigenvalue weighted by molar-refractivity contribution is 0.550. The topological polar surface area (TPSA) is 12.0 Å². The number of likely N-dealkylation sites (N-methyl/N-ethyl adjacent to an activating group) is 1. The van der Waals surface area contributed by atoms with E-state index in [1.165, 1.54) is 22.6 Å². The standard InChI is InChI=1S/C15H17ClFNS/c1-3-18-15(12-6-10(2)19-9-12)7-11-4-5-13(17)8-14(11)16/h4-6,8-9,15,18H,3,7H2,1-2H3. The highest BCUT2D eigenvalue weighted by atomic mass is 35.5. The van der Waals surface area contributed by atoms with Crippen LogP contribution in [0, 0.1) is 12.7 Å². The molecule has 0 saturated heterocycles. The van der Waals surface area contributed by atoms with Crippen molar-refractivity contribution in [3.63, 3.8) is 0 Å². The van der Waals surface area contributed by atoms with Gasteiger partial charge in [0, 0.05) is 15.9 Å². The van der Waals surface area contributed by atoms with Crippen LogP contribution in [0.3, 0.4) is 0 Å². The largest absolute Gasteiger partial charge is 0.310 e. The lowest BCUT2D eigenvalue weighted by atomic mass is 10.0. The summed E-state index contributed by atoms with van der Waals surface area (Å²) in [5.74, 6) is -0.292. The van der Waals surface area contributed by atoms with E-state index >= 15 is 0 Å². The zero-order valence-electron chi connectivity index (χ0n) is 11.0. The van der Waals surface area contributed by atoms with Gasteiger partial charge in [0.05, 0.1) is 0 Å². The number of thiophene rings is 1. The summed E-state index contributed by atoms with van der Waals surface area (Å²) in [6.45, 7) is 5.07. The van der Waals surface area contributed by atoms with Gasteiger partial charge in [-0.25, -0.2) is 4.39 Å². The fourth-order valence-corrected chi connectivity index (χ4v) is 3.11. The minimum Gasteiger partial charge on any atom is -0.310 e. The number of hydrogen-bond acceptors (Lipinski definition) is 2. The fraction of sp³-hybridized carbons (Fsp3) is 0.333. The maximum atomic E-state index is 13.1. The van der Waals surface area contributed by atoms with Crippen LogP contribution in [0.15, 0.2) is 29.6 Å². The van der Waals surface area contributed by atoms with E-state index in [1.54, 1.807) is 17.4 Å². The van der Waals surface area contributed by atoms with Gasteiger partial charge in [0.2, 0.25) is 0 Å². The first-order valence-corrected chi connectivity index (χ1v) is 7.58. The highest BCUT2D eigenvalue weighted by Gasteiger charge is 2.14. The Balaban J connectivity index is 2.21. The smallest absolute Gasteiger partial charge is 0.124 e. The first-order valence-electron chi connectivity index (χ1n) is 6.32. The normalized spacial score (nSPS) is 12.6. The van der Waals surface area contributed by atoms with Gasteiger partial charge in [0.1, 0.15) is 5.82 Å². The van der Waals surface area contributed by atoms with Gasteiger partial charge in [0.15, 0.2) is 0 Å². The van der Waals surface area contributed by atoms with Crippen molar-refractivity contribution in [3.05, 3.63) is 56.5 Å². The second-order valence-corrected chi connectivity index (χ2v) is 6.06. The molecule has 0 radical (unpaired) electrons. The van der Waals surface area contributed by atoms with Gasteiger partial charge in [-0.2, -0.15) is 0 Å². The Labute approximate surface area is 122 Å². The first-order chi connectivity index (χ1) is 9.10. The van der Waals surface area contributed by atoms with Crippen molar-refractivity contribution in [2.75, 3.05) is 6.54 Å². The van der Waals surface area contributed by atoms with Crippen LogP contribution in [0.4, 0.5) is 4.39 Å². The van der Waals surface area contributed by atoms with E-state index < -0.39 is 0 Å². The molecule has 0 aliphatic heterocycles. The molecule has 2 aromatic rings. The number of halogens is 2. The number of aryl methyl sites for hydroxylation is 1. The third-order valence-electron chi connectivity index (χ3n) is 3.04. The van der Waals surface area contributed by atoms with Crippen LogP contribution in [0.1, 0.15) is 29.0 Å². The molecule has 4 heteroatoms. The van der Waals surface area contributed by atoms with E-state index in [4.69, 9.17) is 11.6 Å². The zero-order chi connectivity index (χ0) is 13.8. The lowest BCUT2D eigenvalue weighted by Gasteiger charge is -2.17. The molecule has 1 heterocycles. The molecule has 0 fully saturated rings. The summed E-state index contributed by atoms with van der Waals surface area (Å²) in [4.78, 5) is 1.29. The summed E-state index contributed by atoms with van der Waals surface area (Å²) in [5.41, 5.74) is 2.24. The van der Waals surface area contributed by atoms with Crippen molar-refractivity contribution >= 4 is 22.9 Å². The van der Waals surface area contributed by atoms with E-state index in [2.05, 4.69) is 30.6 Å². The predicted octanol–water partition coefficient (Wildman–Crippen LogP) is 4.74. The van der Waals surface area contributed by atoms with Gasteiger partial charge >= 0.3 is 0 Å². The van der Waals surface area contributed by atoms with Crippen LogP contribution in [-0.4, -0.2) is 6.54 Å². The van der Waals surface area contributed by atoms with Crippen molar-refractivity contribution in [2.24, 2.45) is 0 Å². The highest BCUT2D eigenvalue weighted by molar-refractivity contribution is 7.10. The number of rotatable bonds is 5. The van der Waals surface area contributed by atoms with Crippen molar-refractivity contribution in [1.29, 1.82) is 0 Å². The SMILES string of the molecule is CCNC(Cc1ccc(F)cc1Cl)c1csc(C)c1. The Morgan fingerprint density at radius 3 is 2.74 bits per heavy atom. The van der Waals surface area contributed by atoms with Crippen LogP contribution in [0.5, 0.6) is 0 Å². The molecule has 19 heavy (non-hydrogen) atoms. The molecular weight excluding hydrogens is 281 g/mol. The first kappa shape index (κ1) is 14.5. The van der Waals surface area contributed by atoms with Gasteiger partial charge in [-0.05, 0) is 54.6 Å². The molecule has 1 aromatic carbocycles. The molecule has 1 unspecified atom stereocenters. The van der Waals surface area contributed by atoms with E-state index in [0.717, 1.165) is 18.5 Å². The molecule has 0 saturated carbocycles. The summed E-state index contributed by atoms with van der Waals surface area (Å²) in [6.07, 6.45) is 0.767. The molecular formula is C15H17ClFNS. The molecule has 0 amide bonds. The number of hydrogen-bond donors (Lipinski definition) is 1. The second-order valence-electron chi connectivity index (χ2n) is 4.54. The number of nitrogens with one attached hydrogen (secondary N) is 1. The fourth-order valence-electron chi connectivity index (χ4n) is 2.11. The maximum Gasteiger partial charge on any atom is 0.124 e. The molecule has 1 aromatic heterocycles. The van der Waals surface area contributed by atoms with Gasteiger partial charge in [0.25, 0.3) is 0 Å². The highest BCUT2D eigenvalue weighted by Crippen LogP contribution is 2.27. The molecule has 1 N–H and O–H groups in total. The van der Waals surface area contributed by atoms with E-state index in [-0.39, 0.29) is 11.9 Å². The summed E-state index contributed by atoms with van der Waals surface area (Å²) in [7, 11) is 0. The monoisotopic (exact) mass is 297 g/mol. The molecule has 2 rings (SSSR count). The van der Waals surface area contributed by atoms with Gasteiger partial charge < -0.3 is 5.32 Å². The minimum absolute atomic E-state index is 0.220. The van der Waals surface area contributed by atoms with E-state index in [1.807, 2.05) is 0 Å². The Hall–Kier alpha value is -0.900. The quantitative estimate of drug-likeness (QED) is 0.840. The molecule has 0 spiro atoms. The average Bonchev–Trinajstić information content (AvgIpc) is 2.78. The molecule has 102 valence electrons. The van der Waals surface area contributed by atoms with Crippen LogP contribution in [0.25, 0.3) is 0 Å². The van der Waals surface area contributed by atoms with Gasteiger partial charge in [-0.3, -0.25) is 0 Å². The van der Waals surface area contributed by atoms with Crippen LogP contribution in [-0.2, 0) is 6.42 Å². The molecule has 0 bridgehead atoms. The molecule has 0 aliphatic carbocycles. The van der Waals surface area contributed by atoms with Crippen LogP contribution >= 0.6 is 22.9 Å². The average molecular weight is 298 g/mol. The Morgan fingerprint density at radius 1 is 1.37 bits per heavy atom. The molecule has 1 atom stereocenters. The summed E-state index contributed by atoms with van der Waals surface area (Å²) in [6, 6.07) is 7.01. The van der Waals surface area contributed by atoms with Crippen LogP contribution in [0.2, 0.25) is 5.02 Å². The van der Waals surface area contributed by atoms with Crippen molar-refractivity contribution in [1.82, 2.24) is 5.32 Å². The van der Waals surface area contributed by atoms with Crippen molar-refractivity contribution in [3.8, 4) is 0 Å². The third-order valence-corrected chi connectivity index (χ3v) is 4.27. The zero-order valence-corrected chi connectivity index (χ0v) is 12.6. The number of benzene rings is 1. The lowest BCUT2D eigenvalue weighted by Crippen LogP contribution is -2.22. The third kappa shape index (κ3) is 3.78. The van der Waals surface area contributed by atoms with Gasteiger partial charge in [-0.1, -0.05) is 24.6 Å². The van der Waals surface area contributed by atoms with E-state index in [9.17, 15) is 4.39 Å². The van der Waals surface area contributed by atoms with E-state index in [0.29, 0.717) is 5.02 Å². The summed E-state index contributed by atoms with van der Waals surface area (Å²) in [5, 5.41) is 6.12. The molecule has 1 nitrogen and oxygen atoms in total. The van der Waals surface area contributed by atoms with Gasteiger partial charge in [-0.15, -0.1) is 11.3 Å². The van der Waals surface area contributed by atoms with Crippen molar-refractivity contribution < 1.29 is 4.39 Å². The maximum absolute atomic E-state index is 13.1. The van der Waals surface area contributed by atoms with Crippen molar-refractivity contribution in [2.45, 2.75) is 26.3 Å². The molecule has 0 aliphatic rings. The predicted molar refractivity (Wildman–Crippen MR) is 80.6 cm³/mol. The van der Waals surface area contributed by atoms with Crippen LogP contribution < -0.4 is 5.32 Å². The Bertz CT molecular complexity index is 553. The Kier molecular flexibility index (Phi) is 4.97. The Morgan fingerprint density at radius 2 is 2.16 bits per heavy atom. The summed E-state index contributed by atoms with van der Waals surface area (Å²) >= 11 is 7.84. The minimum atomic E-state index is -0.292. The summed E-state index contributed by atoms with van der Waals surface area (Å²) < 4.78 is 13.1.